The van der Waals surface area contributed by atoms with Gasteiger partial charge in [-0.05, 0) is 39.8 Å². The Labute approximate surface area is 122 Å². The fraction of sp³-hybridized carbons (Fsp3) is 0.462. The first-order chi connectivity index (χ1) is 9.17. The standard InChI is InChI=1S/C13H18ClN3O3/c1-8(16-12(19)20-13(2,3)4)11(18)17-10-6-5-9(14)7-15-10/h5-8H,1-4H3,(H,16,19)(H,15,17,18)/t8-/m1/s1. The zero-order valence-electron chi connectivity index (χ0n) is 11.9. The molecule has 2 amide bonds. The third kappa shape index (κ3) is 5.88. The number of halogens is 1. The number of anilines is 1. The molecule has 20 heavy (non-hydrogen) atoms. The number of alkyl carbamates (subject to hydrolysis) is 1. The normalized spacial score (nSPS) is 12.4. The average molecular weight is 300 g/mol. The van der Waals surface area contributed by atoms with Gasteiger partial charge in [0.15, 0.2) is 0 Å². The molecule has 0 aliphatic carbocycles. The lowest BCUT2D eigenvalue weighted by Gasteiger charge is -2.21. The highest BCUT2D eigenvalue weighted by Gasteiger charge is 2.21. The van der Waals surface area contributed by atoms with Gasteiger partial charge >= 0.3 is 6.09 Å². The van der Waals surface area contributed by atoms with E-state index in [2.05, 4.69) is 15.6 Å². The number of nitrogens with zero attached hydrogens (tertiary/aromatic N) is 1. The maximum atomic E-state index is 11.8. The van der Waals surface area contributed by atoms with Gasteiger partial charge in [0.25, 0.3) is 0 Å². The van der Waals surface area contributed by atoms with Crippen LogP contribution in [0.5, 0.6) is 0 Å². The van der Waals surface area contributed by atoms with Crippen molar-refractivity contribution >= 4 is 29.4 Å². The van der Waals surface area contributed by atoms with Gasteiger partial charge in [-0.3, -0.25) is 4.79 Å². The lowest BCUT2D eigenvalue weighted by atomic mass is 10.2. The highest BCUT2D eigenvalue weighted by molar-refractivity contribution is 6.30. The Bertz CT molecular complexity index is 483. The fourth-order valence-electron chi connectivity index (χ4n) is 1.23. The molecule has 0 bridgehead atoms. The Morgan fingerprint density at radius 3 is 2.50 bits per heavy atom. The van der Waals surface area contributed by atoms with Crippen LogP contribution in [0.3, 0.4) is 0 Å². The molecule has 1 rings (SSSR count). The van der Waals surface area contributed by atoms with E-state index < -0.39 is 23.6 Å². The maximum absolute atomic E-state index is 11.8. The van der Waals surface area contributed by atoms with E-state index in [0.717, 1.165) is 0 Å². The molecule has 7 heteroatoms. The Kier molecular flexibility index (Phi) is 5.33. The monoisotopic (exact) mass is 299 g/mol. The van der Waals surface area contributed by atoms with E-state index in [9.17, 15) is 9.59 Å². The molecular weight excluding hydrogens is 282 g/mol. The minimum absolute atomic E-state index is 0.359. The molecule has 110 valence electrons. The molecule has 0 saturated heterocycles. The minimum atomic E-state index is -0.748. The molecule has 0 unspecified atom stereocenters. The molecule has 0 aliphatic heterocycles. The van der Waals surface area contributed by atoms with Gasteiger partial charge < -0.3 is 15.4 Å². The predicted octanol–water partition coefficient (Wildman–Crippen LogP) is 2.59. The van der Waals surface area contributed by atoms with Gasteiger partial charge in [-0.25, -0.2) is 9.78 Å². The van der Waals surface area contributed by atoms with Crippen molar-refractivity contribution in [2.75, 3.05) is 5.32 Å². The van der Waals surface area contributed by atoms with E-state index in [0.29, 0.717) is 10.8 Å². The molecule has 2 N–H and O–H groups in total. The molecule has 1 heterocycles. The molecule has 6 nitrogen and oxygen atoms in total. The second-order valence-electron chi connectivity index (χ2n) is 5.22. The Balaban J connectivity index is 2.51. The maximum Gasteiger partial charge on any atom is 0.408 e. The van der Waals surface area contributed by atoms with Crippen molar-refractivity contribution in [3.05, 3.63) is 23.4 Å². The van der Waals surface area contributed by atoms with Crippen molar-refractivity contribution in [3.8, 4) is 0 Å². The molecule has 1 atom stereocenters. The number of nitrogens with one attached hydrogen (secondary N) is 2. The van der Waals surface area contributed by atoms with E-state index in [1.165, 1.54) is 6.20 Å². The zero-order chi connectivity index (χ0) is 15.3. The summed E-state index contributed by atoms with van der Waals surface area (Å²) in [5.41, 5.74) is -0.613. The number of carbonyl (C=O) groups is 2. The van der Waals surface area contributed by atoms with Gasteiger partial charge in [0.2, 0.25) is 5.91 Å². The van der Waals surface area contributed by atoms with E-state index in [1.807, 2.05) is 0 Å². The van der Waals surface area contributed by atoms with Crippen molar-refractivity contribution < 1.29 is 14.3 Å². The second kappa shape index (κ2) is 6.56. The van der Waals surface area contributed by atoms with Crippen LogP contribution in [0.1, 0.15) is 27.7 Å². The van der Waals surface area contributed by atoms with E-state index in [1.54, 1.807) is 39.8 Å². The summed E-state index contributed by atoms with van der Waals surface area (Å²) in [4.78, 5) is 27.3. The smallest absolute Gasteiger partial charge is 0.408 e. The van der Waals surface area contributed by atoms with E-state index in [4.69, 9.17) is 16.3 Å². The number of hydrogen-bond donors (Lipinski definition) is 2. The second-order valence-corrected chi connectivity index (χ2v) is 5.66. The SMILES string of the molecule is C[C@@H](NC(=O)OC(C)(C)C)C(=O)Nc1ccc(Cl)cn1. The summed E-state index contributed by atoms with van der Waals surface area (Å²) in [7, 11) is 0. The first kappa shape index (κ1) is 16.2. The van der Waals surface area contributed by atoms with Crippen LogP contribution in [-0.4, -0.2) is 28.6 Å². The van der Waals surface area contributed by atoms with Crippen molar-refractivity contribution in [3.63, 3.8) is 0 Å². The van der Waals surface area contributed by atoms with Crippen LogP contribution in [-0.2, 0) is 9.53 Å². The van der Waals surface area contributed by atoms with Crippen molar-refractivity contribution in [1.29, 1.82) is 0 Å². The van der Waals surface area contributed by atoms with E-state index >= 15 is 0 Å². The Morgan fingerprint density at radius 1 is 1.35 bits per heavy atom. The first-order valence-electron chi connectivity index (χ1n) is 6.09. The van der Waals surface area contributed by atoms with Crippen LogP contribution in [0.2, 0.25) is 5.02 Å². The minimum Gasteiger partial charge on any atom is -0.444 e. The van der Waals surface area contributed by atoms with Crippen LogP contribution in [0, 0.1) is 0 Å². The van der Waals surface area contributed by atoms with Crippen molar-refractivity contribution in [2.45, 2.75) is 39.3 Å². The van der Waals surface area contributed by atoms with Gasteiger partial charge in [0.05, 0.1) is 5.02 Å². The number of amides is 2. The highest BCUT2D eigenvalue weighted by atomic mass is 35.5. The van der Waals surface area contributed by atoms with Gasteiger partial charge in [-0.1, -0.05) is 11.6 Å². The summed E-state index contributed by atoms with van der Waals surface area (Å²) < 4.78 is 5.06. The number of aromatic nitrogens is 1. The molecule has 0 aliphatic rings. The summed E-state index contributed by atoms with van der Waals surface area (Å²) in [5, 5.41) is 5.47. The predicted molar refractivity (Wildman–Crippen MR) is 76.7 cm³/mol. The zero-order valence-corrected chi connectivity index (χ0v) is 12.6. The molecule has 0 saturated carbocycles. The number of carbonyl (C=O) groups excluding carboxylic acids is 2. The van der Waals surface area contributed by atoms with Gasteiger partial charge in [0, 0.05) is 6.20 Å². The molecule has 0 aromatic carbocycles. The quantitative estimate of drug-likeness (QED) is 0.899. The molecular formula is C13H18ClN3O3. The van der Waals surface area contributed by atoms with Crippen LogP contribution < -0.4 is 10.6 Å². The molecule has 1 aromatic rings. The number of rotatable bonds is 3. The third-order valence-corrected chi connectivity index (χ3v) is 2.33. The summed E-state index contributed by atoms with van der Waals surface area (Å²) in [5.74, 6) is -0.0390. The number of ether oxygens (including phenoxy) is 1. The molecule has 0 fully saturated rings. The lowest BCUT2D eigenvalue weighted by molar-refractivity contribution is -0.117. The van der Waals surface area contributed by atoms with Crippen molar-refractivity contribution in [1.82, 2.24) is 10.3 Å². The van der Waals surface area contributed by atoms with Crippen molar-refractivity contribution in [2.24, 2.45) is 0 Å². The Morgan fingerprint density at radius 2 is 2.00 bits per heavy atom. The molecule has 1 aromatic heterocycles. The van der Waals surface area contributed by atoms with Crippen LogP contribution in [0.4, 0.5) is 10.6 Å². The van der Waals surface area contributed by atoms with Crippen LogP contribution >= 0.6 is 11.6 Å². The highest BCUT2D eigenvalue weighted by Crippen LogP contribution is 2.10. The largest absolute Gasteiger partial charge is 0.444 e. The average Bonchev–Trinajstić information content (AvgIpc) is 2.29. The van der Waals surface area contributed by atoms with Gasteiger partial charge in [-0.2, -0.15) is 0 Å². The fourth-order valence-corrected chi connectivity index (χ4v) is 1.35. The third-order valence-electron chi connectivity index (χ3n) is 2.11. The number of hydrogen-bond acceptors (Lipinski definition) is 4. The lowest BCUT2D eigenvalue weighted by Crippen LogP contribution is -2.44. The molecule has 0 radical (unpaired) electrons. The summed E-state index contributed by atoms with van der Waals surface area (Å²) >= 11 is 5.69. The summed E-state index contributed by atoms with van der Waals surface area (Å²) in [6, 6.07) is 2.43. The number of pyridine rings is 1. The topological polar surface area (TPSA) is 80.3 Å². The van der Waals surface area contributed by atoms with Crippen LogP contribution in [0.15, 0.2) is 18.3 Å². The Hall–Kier alpha value is -1.82. The van der Waals surface area contributed by atoms with Gasteiger partial charge in [0.1, 0.15) is 17.5 Å². The molecule has 0 spiro atoms. The van der Waals surface area contributed by atoms with Crippen LogP contribution in [0.25, 0.3) is 0 Å². The first-order valence-corrected chi connectivity index (χ1v) is 6.47. The van der Waals surface area contributed by atoms with Gasteiger partial charge in [-0.15, -0.1) is 0 Å². The summed E-state index contributed by atoms with van der Waals surface area (Å²) in [6.07, 6.45) is 0.771. The van der Waals surface area contributed by atoms with E-state index in [-0.39, 0.29) is 0 Å². The summed E-state index contributed by atoms with van der Waals surface area (Å²) in [6.45, 7) is 6.79.